The molecule has 0 aliphatic carbocycles. The van der Waals surface area contributed by atoms with Crippen molar-refractivity contribution in [2.75, 3.05) is 6.79 Å². The lowest BCUT2D eigenvalue weighted by Gasteiger charge is -2.11. The molecule has 1 N–H and O–H groups in total. The molecule has 0 unspecified atom stereocenters. The van der Waals surface area contributed by atoms with Crippen LogP contribution in [0, 0.1) is 0 Å². The van der Waals surface area contributed by atoms with Gasteiger partial charge in [0.05, 0.1) is 0 Å². The second-order valence-corrected chi connectivity index (χ2v) is 6.51. The zero-order valence-corrected chi connectivity index (χ0v) is 15.0. The van der Waals surface area contributed by atoms with Crippen molar-refractivity contribution in [3.8, 4) is 11.5 Å². The van der Waals surface area contributed by atoms with Crippen LogP contribution in [0.3, 0.4) is 0 Å². The summed E-state index contributed by atoms with van der Waals surface area (Å²) in [5.41, 5.74) is 4.04. The minimum Gasteiger partial charge on any atom is -0.454 e. The SMILES string of the molecule is O=C(NCc1ccc2c(c1)OCO2)c1ccccc1CCc1ccccc1. The van der Waals surface area contributed by atoms with Gasteiger partial charge in [0.15, 0.2) is 11.5 Å². The number of hydrogen-bond acceptors (Lipinski definition) is 3. The normalized spacial score (nSPS) is 12.0. The first-order chi connectivity index (χ1) is 13.3. The van der Waals surface area contributed by atoms with Crippen LogP contribution in [-0.2, 0) is 19.4 Å². The molecule has 3 aromatic rings. The van der Waals surface area contributed by atoms with Gasteiger partial charge in [-0.15, -0.1) is 0 Å². The fourth-order valence-corrected chi connectivity index (χ4v) is 3.21. The molecule has 1 aliphatic rings. The molecule has 136 valence electrons. The van der Waals surface area contributed by atoms with Crippen LogP contribution in [0.25, 0.3) is 0 Å². The van der Waals surface area contributed by atoms with Crippen molar-refractivity contribution in [3.05, 3.63) is 95.1 Å². The van der Waals surface area contributed by atoms with Crippen molar-refractivity contribution in [1.29, 1.82) is 0 Å². The van der Waals surface area contributed by atoms with E-state index in [1.54, 1.807) is 0 Å². The van der Waals surface area contributed by atoms with Gasteiger partial charge in [-0.05, 0) is 47.7 Å². The predicted octanol–water partition coefficient (Wildman–Crippen LogP) is 4.13. The van der Waals surface area contributed by atoms with E-state index in [2.05, 4.69) is 17.4 Å². The largest absolute Gasteiger partial charge is 0.454 e. The van der Waals surface area contributed by atoms with E-state index in [0.29, 0.717) is 6.54 Å². The second kappa shape index (κ2) is 7.96. The maximum absolute atomic E-state index is 12.7. The number of amides is 1. The lowest BCUT2D eigenvalue weighted by Crippen LogP contribution is -2.24. The summed E-state index contributed by atoms with van der Waals surface area (Å²) >= 11 is 0. The minimum atomic E-state index is -0.0590. The maximum atomic E-state index is 12.7. The molecule has 4 rings (SSSR count). The number of benzene rings is 3. The van der Waals surface area contributed by atoms with E-state index in [1.807, 2.05) is 60.7 Å². The smallest absolute Gasteiger partial charge is 0.251 e. The standard InChI is InChI=1S/C23H21NO3/c25-23(24-15-18-11-13-21-22(14-18)27-16-26-21)20-9-5-4-8-19(20)12-10-17-6-2-1-3-7-17/h1-9,11,13-14H,10,12,15-16H2,(H,24,25). The highest BCUT2D eigenvalue weighted by atomic mass is 16.7. The van der Waals surface area contributed by atoms with E-state index in [-0.39, 0.29) is 12.7 Å². The van der Waals surface area contributed by atoms with Crippen molar-refractivity contribution in [1.82, 2.24) is 5.32 Å². The third kappa shape index (κ3) is 4.11. The van der Waals surface area contributed by atoms with Crippen molar-refractivity contribution >= 4 is 5.91 Å². The van der Waals surface area contributed by atoms with Gasteiger partial charge in [-0.25, -0.2) is 0 Å². The molecular formula is C23H21NO3. The van der Waals surface area contributed by atoms with E-state index < -0.39 is 0 Å². The van der Waals surface area contributed by atoms with Crippen LogP contribution in [0.2, 0.25) is 0 Å². The fraction of sp³-hybridized carbons (Fsp3) is 0.174. The Hall–Kier alpha value is -3.27. The first-order valence-corrected chi connectivity index (χ1v) is 9.08. The molecule has 0 radical (unpaired) electrons. The van der Waals surface area contributed by atoms with Gasteiger partial charge in [-0.1, -0.05) is 54.6 Å². The van der Waals surface area contributed by atoms with Crippen molar-refractivity contribution in [2.45, 2.75) is 19.4 Å². The molecule has 1 amide bonds. The van der Waals surface area contributed by atoms with E-state index in [1.165, 1.54) is 5.56 Å². The van der Waals surface area contributed by atoms with Crippen LogP contribution in [0.1, 0.15) is 27.0 Å². The Morgan fingerprint density at radius 2 is 1.59 bits per heavy atom. The van der Waals surface area contributed by atoms with Gasteiger partial charge in [0, 0.05) is 12.1 Å². The molecule has 27 heavy (non-hydrogen) atoms. The van der Waals surface area contributed by atoms with Crippen LogP contribution < -0.4 is 14.8 Å². The van der Waals surface area contributed by atoms with Crippen LogP contribution >= 0.6 is 0 Å². The quantitative estimate of drug-likeness (QED) is 0.720. The number of nitrogens with one attached hydrogen (secondary N) is 1. The van der Waals surface area contributed by atoms with E-state index in [4.69, 9.17) is 9.47 Å². The number of aryl methyl sites for hydroxylation is 2. The predicted molar refractivity (Wildman–Crippen MR) is 104 cm³/mol. The van der Waals surface area contributed by atoms with Crippen molar-refractivity contribution in [2.24, 2.45) is 0 Å². The fourth-order valence-electron chi connectivity index (χ4n) is 3.21. The summed E-state index contributed by atoms with van der Waals surface area (Å²) in [7, 11) is 0. The van der Waals surface area contributed by atoms with Crippen LogP contribution in [0.4, 0.5) is 0 Å². The van der Waals surface area contributed by atoms with Gasteiger partial charge in [0.1, 0.15) is 0 Å². The van der Waals surface area contributed by atoms with Gasteiger partial charge in [0.2, 0.25) is 6.79 Å². The van der Waals surface area contributed by atoms with E-state index in [0.717, 1.165) is 41.0 Å². The summed E-state index contributed by atoms with van der Waals surface area (Å²) in [5, 5.41) is 3.01. The average molecular weight is 359 g/mol. The number of carbonyl (C=O) groups is 1. The Balaban J connectivity index is 1.41. The Bertz CT molecular complexity index is 937. The number of hydrogen-bond donors (Lipinski definition) is 1. The molecule has 1 aliphatic heterocycles. The van der Waals surface area contributed by atoms with Gasteiger partial charge in [-0.3, -0.25) is 4.79 Å². The lowest BCUT2D eigenvalue weighted by atomic mass is 9.99. The Morgan fingerprint density at radius 1 is 0.815 bits per heavy atom. The van der Waals surface area contributed by atoms with Crippen molar-refractivity contribution in [3.63, 3.8) is 0 Å². The summed E-state index contributed by atoms with van der Waals surface area (Å²) in [5.74, 6) is 1.41. The molecule has 1 heterocycles. The molecule has 0 saturated heterocycles. The summed E-state index contributed by atoms with van der Waals surface area (Å²) in [6, 6.07) is 23.8. The maximum Gasteiger partial charge on any atom is 0.251 e. The van der Waals surface area contributed by atoms with E-state index in [9.17, 15) is 4.79 Å². The summed E-state index contributed by atoms with van der Waals surface area (Å²) in [4.78, 5) is 12.7. The second-order valence-electron chi connectivity index (χ2n) is 6.51. The number of ether oxygens (including phenoxy) is 2. The first-order valence-electron chi connectivity index (χ1n) is 9.08. The Kier molecular flexibility index (Phi) is 5.06. The monoisotopic (exact) mass is 359 g/mol. The molecule has 3 aromatic carbocycles. The molecule has 0 atom stereocenters. The number of fused-ring (bicyclic) bond motifs is 1. The zero-order valence-electron chi connectivity index (χ0n) is 15.0. The molecular weight excluding hydrogens is 338 g/mol. The van der Waals surface area contributed by atoms with Crippen LogP contribution in [0.5, 0.6) is 11.5 Å². The highest BCUT2D eigenvalue weighted by Gasteiger charge is 2.14. The number of rotatable bonds is 6. The third-order valence-corrected chi connectivity index (χ3v) is 4.68. The van der Waals surface area contributed by atoms with Crippen molar-refractivity contribution < 1.29 is 14.3 Å². The molecule has 4 heteroatoms. The minimum absolute atomic E-state index is 0.0590. The molecule has 4 nitrogen and oxygen atoms in total. The van der Waals surface area contributed by atoms with Gasteiger partial charge in [0.25, 0.3) is 5.91 Å². The topological polar surface area (TPSA) is 47.6 Å². The summed E-state index contributed by atoms with van der Waals surface area (Å²) in [6.07, 6.45) is 1.74. The Labute approximate surface area is 158 Å². The van der Waals surface area contributed by atoms with E-state index >= 15 is 0 Å². The summed E-state index contributed by atoms with van der Waals surface area (Å²) < 4.78 is 10.7. The van der Waals surface area contributed by atoms with Gasteiger partial charge in [-0.2, -0.15) is 0 Å². The number of carbonyl (C=O) groups excluding carboxylic acids is 1. The average Bonchev–Trinajstić information content (AvgIpc) is 3.19. The van der Waals surface area contributed by atoms with Crippen LogP contribution in [0.15, 0.2) is 72.8 Å². The third-order valence-electron chi connectivity index (χ3n) is 4.68. The molecule has 0 spiro atoms. The molecule has 0 bridgehead atoms. The molecule has 0 saturated carbocycles. The van der Waals surface area contributed by atoms with Gasteiger partial charge >= 0.3 is 0 Å². The molecule has 0 aromatic heterocycles. The lowest BCUT2D eigenvalue weighted by molar-refractivity contribution is 0.0950. The highest BCUT2D eigenvalue weighted by molar-refractivity contribution is 5.95. The zero-order chi connectivity index (χ0) is 18.5. The molecule has 0 fully saturated rings. The summed E-state index contributed by atoms with van der Waals surface area (Å²) in [6.45, 7) is 0.697. The Morgan fingerprint density at radius 3 is 2.48 bits per heavy atom. The van der Waals surface area contributed by atoms with Crippen LogP contribution in [-0.4, -0.2) is 12.7 Å². The van der Waals surface area contributed by atoms with Gasteiger partial charge < -0.3 is 14.8 Å². The highest BCUT2D eigenvalue weighted by Crippen LogP contribution is 2.32. The first kappa shape index (κ1) is 17.2.